The molecule has 0 aliphatic heterocycles. The Morgan fingerprint density at radius 3 is 2.29 bits per heavy atom. The summed E-state index contributed by atoms with van der Waals surface area (Å²) in [5.74, 6) is -2.46. The van der Waals surface area contributed by atoms with Crippen LogP contribution in [0, 0.1) is 19.3 Å². The summed E-state index contributed by atoms with van der Waals surface area (Å²) in [6, 6.07) is -0.840. The number of aromatic nitrogens is 4. The van der Waals surface area contributed by atoms with E-state index in [2.05, 4.69) is 20.4 Å². The molecular formula is C17H23F3N6O2. The molecule has 28 heavy (non-hydrogen) atoms. The van der Waals surface area contributed by atoms with Gasteiger partial charge in [-0.15, -0.1) is 5.10 Å². The summed E-state index contributed by atoms with van der Waals surface area (Å²) in [4.78, 5) is 31.3. The van der Waals surface area contributed by atoms with Crippen molar-refractivity contribution in [2.45, 2.75) is 59.7 Å². The van der Waals surface area contributed by atoms with Gasteiger partial charge in [0.2, 0.25) is 11.8 Å². The molecule has 2 aromatic rings. The van der Waals surface area contributed by atoms with Gasteiger partial charge >= 0.3 is 6.18 Å². The molecule has 11 heteroatoms. The highest BCUT2D eigenvalue weighted by Crippen LogP contribution is 2.27. The molecule has 0 aliphatic carbocycles. The number of amides is 2. The maximum absolute atomic E-state index is 12.8. The molecule has 154 valence electrons. The Hall–Kier alpha value is -2.72. The first kappa shape index (κ1) is 21.6. The molecule has 2 aromatic heterocycles. The number of aryl methyl sites for hydroxylation is 2. The van der Waals surface area contributed by atoms with Crippen LogP contribution in [-0.4, -0.2) is 37.4 Å². The van der Waals surface area contributed by atoms with Gasteiger partial charge in [-0.2, -0.15) is 18.2 Å². The number of carbonyl (C=O) groups is 2. The van der Waals surface area contributed by atoms with Crippen LogP contribution in [0.1, 0.15) is 50.0 Å². The summed E-state index contributed by atoms with van der Waals surface area (Å²) in [5.41, 5.74) is 6.27. The number of hydrogen-bond donors (Lipinski definition) is 2. The number of alkyl halides is 3. The van der Waals surface area contributed by atoms with Gasteiger partial charge in [-0.3, -0.25) is 9.59 Å². The van der Waals surface area contributed by atoms with E-state index < -0.39 is 35.3 Å². The van der Waals surface area contributed by atoms with Gasteiger partial charge in [0.05, 0.1) is 0 Å². The minimum Gasteiger partial charge on any atom is -0.368 e. The molecule has 2 rings (SSSR count). The van der Waals surface area contributed by atoms with Crippen molar-refractivity contribution in [1.82, 2.24) is 24.9 Å². The number of carbonyl (C=O) groups excluding carboxylic acids is 2. The molecule has 0 aromatic carbocycles. The van der Waals surface area contributed by atoms with Crippen molar-refractivity contribution in [2.75, 3.05) is 0 Å². The normalized spacial score (nSPS) is 13.6. The van der Waals surface area contributed by atoms with E-state index in [-0.39, 0.29) is 18.6 Å². The van der Waals surface area contributed by atoms with Crippen LogP contribution in [0.3, 0.4) is 0 Å². The topological polar surface area (TPSA) is 115 Å². The predicted octanol–water partition coefficient (Wildman–Crippen LogP) is 1.71. The van der Waals surface area contributed by atoms with Crippen molar-refractivity contribution in [3.05, 3.63) is 22.8 Å². The third-order valence-electron chi connectivity index (χ3n) is 4.36. The Balaban J connectivity index is 2.22. The standard InChI is InChI=1S/C17H23F3N6O2/c1-8-10(6-7-11(27)23-12(13(21)28)16(3,4)5)9(2)26-15(22-8)24-14(25-26)17(18,19)20/h12H,6-7H2,1-5H3,(H2,21,28)(H,23,27)/t12-/m1/s1. The molecule has 0 unspecified atom stereocenters. The van der Waals surface area contributed by atoms with Gasteiger partial charge in [-0.25, -0.2) is 9.50 Å². The summed E-state index contributed by atoms with van der Waals surface area (Å²) in [7, 11) is 0. The summed E-state index contributed by atoms with van der Waals surface area (Å²) >= 11 is 0. The number of rotatable bonds is 5. The van der Waals surface area contributed by atoms with Gasteiger partial charge in [0.1, 0.15) is 6.04 Å². The quantitative estimate of drug-likeness (QED) is 0.793. The maximum atomic E-state index is 12.8. The molecule has 3 N–H and O–H groups in total. The summed E-state index contributed by atoms with van der Waals surface area (Å²) in [6.45, 7) is 8.54. The molecule has 0 aliphatic rings. The number of halogens is 3. The number of nitrogens with two attached hydrogens (primary N) is 1. The second kappa shape index (κ2) is 7.36. The van der Waals surface area contributed by atoms with Gasteiger partial charge in [0.15, 0.2) is 0 Å². The molecule has 1 atom stereocenters. The van der Waals surface area contributed by atoms with Crippen LogP contribution in [-0.2, 0) is 22.2 Å². The molecular weight excluding hydrogens is 377 g/mol. The number of fused-ring (bicyclic) bond motifs is 1. The van der Waals surface area contributed by atoms with Crippen LogP contribution in [0.25, 0.3) is 5.78 Å². The molecule has 0 radical (unpaired) electrons. The van der Waals surface area contributed by atoms with E-state index in [0.29, 0.717) is 17.0 Å². The highest BCUT2D eigenvalue weighted by atomic mass is 19.4. The van der Waals surface area contributed by atoms with E-state index in [1.54, 1.807) is 34.6 Å². The largest absolute Gasteiger partial charge is 0.453 e. The molecule has 0 spiro atoms. The maximum Gasteiger partial charge on any atom is 0.453 e. The van der Waals surface area contributed by atoms with E-state index in [0.717, 1.165) is 4.52 Å². The second-order valence-corrected chi connectivity index (χ2v) is 7.68. The zero-order valence-corrected chi connectivity index (χ0v) is 16.3. The SMILES string of the molecule is Cc1nc2nc(C(F)(F)F)nn2c(C)c1CCC(=O)N[C@H](C(N)=O)C(C)(C)C. The Morgan fingerprint density at radius 1 is 1.18 bits per heavy atom. The van der Waals surface area contributed by atoms with E-state index in [1.165, 1.54) is 0 Å². The number of hydrogen-bond acceptors (Lipinski definition) is 5. The average molecular weight is 400 g/mol. The van der Waals surface area contributed by atoms with Crippen molar-refractivity contribution in [2.24, 2.45) is 11.1 Å². The molecule has 0 fully saturated rings. The van der Waals surface area contributed by atoms with Crippen molar-refractivity contribution < 1.29 is 22.8 Å². The van der Waals surface area contributed by atoms with Crippen molar-refractivity contribution in [3.8, 4) is 0 Å². The average Bonchev–Trinajstić information content (AvgIpc) is 2.95. The minimum atomic E-state index is -4.68. The smallest absolute Gasteiger partial charge is 0.368 e. The first-order valence-corrected chi connectivity index (χ1v) is 8.60. The van der Waals surface area contributed by atoms with Crippen LogP contribution in [0.5, 0.6) is 0 Å². The first-order chi connectivity index (χ1) is 12.7. The van der Waals surface area contributed by atoms with Crippen LogP contribution < -0.4 is 11.1 Å². The van der Waals surface area contributed by atoms with Crippen LogP contribution in [0.4, 0.5) is 13.2 Å². The lowest BCUT2D eigenvalue weighted by molar-refractivity contribution is -0.144. The van der Waals surface area contributed by atoms with E-state index in [1.807, 2.05) is 0 Å². The van der Waals surface area contributed by atoms with Crippen molar-refractivity contribution in [1.29, 1.82) is 0 Å². The Bertz CT molecular complexity index is 914. The van der Waals surface area contributed by atoms with E-state index in [4.69, 9.17) is 5.73 Å². The zero-order valence-electron chi connectivity index (χ0n) is 16.3. The lowest BCUT2D eigenvalue weighted by Gasteiger charge is -2.28. The second-order valence-electron chi connectivity index (χ2n) is 7.68. The minimum absolute atomic E-state index is 0.00948. The predicted molar refractivity (Wildman–Crippen MR) is 94.2 cm³/mol. The Labute approximate surface area is 159 Å². The van der Waals surface area contributed by atoms with E-state index in [9.17, 15) is 22.8 Å². The summed E-state index contributed by atoms with van der Waals surface area (Å²) in [6.07, 6.45) is -4.45. The van der Waals surface area contributed by atoms with Gasteiger partial charge in [0.25, 0.3) is 11.6 Å². The molecule has 0 saturated heterocycles. The third kappa shape index (κ3) is 4.57. The van der Waals surface area contributed by atoms with Crippen LogP contribution in [0.2, 0.25) is 0 Å². The van der Waals surface area contributed by atoms with Crippen molar-refractivity contribution in [3.63, 3.8) is 0 Å². The highest BCUT2D eigenvalue weighted by molar-refractivity contribution is 5.87. The third-order valence-corrected chi connectivity index (χ3v) is 4.36. The molecule has 0 saturated carbocycles. The van der Waals surface area contributed by atoms with Gasteiger partial charge in [0, 0.05) is 17.8 Å². The monoisotopic (exact) mass is 400 g/mol. The first-order valence-electron chi connectivity index (χ1n) is 8.60. The Kier molecular flexibility index (Phi) is 5.67. The fourth-order valence-electron chi connectivity index (χ4n) is 2.88. The van der Waals surface area contributed by atoms with Gasteiger partial charge < -0.3 is 11.1 Å². The molecule has 0 bridgehead atoms. The summed E-state index contributed by atoms with van der Waals surface area (Å²) in [5, 5.41) is 6.08. The van der Waals surface area contributed by atoms with Gasteiger partial charge in [-0.1, -0.05) is 20.8 Å². The Morgan fingerprint density at radius 2 is 1.79 bits per heavy atom. The van der Waals surface area contributed by atoms with E-state index >= 15 is 0 Å². The molecule has 8 nitrogen and oxygen atoms in total. The lowest BCUT2D eigenvalue weighted by Crippen LogP contribution is -2.52. The van der Waals surface area contributed by atoms with Crippen molar-refractivity contribution >= 4 is 17.6 Å². The summed E-state index contributed by atoms with van der Waals surface area (Å²) < 4.78 is 39.5. The number of nitrogens with one attached hydrogen (secondary N) is 1. The fourth-order valence-corrected chi connectivity index (χ4v) is 2.88. The molecule has 2 amide bonds. The number of primary amides is 1. The molecule has 2 heterocycles. The van der Waals surface area contributed by atoms with Gasteiger partial charge in [-0.05, 0) is 31.2 Å². The number of nitrogens with zero attached hydrogens (tertiary/aromatic N) is 4. The highest BCUT2D eigenvalue weighted by Gasteiger charge is 2.37. The van der Waals surface area contributed by atoms with Crippen LogP contribution in [0.15, 0.2) is 0 Å². The zero-order chi connectivity index (χ0) is 21.4. The lowest BCUT2D eigenvalue weighted by atomic mass is 9.86. The van der Waals surface area contributed by atoms with Crippen LogP contribution >= 0.6 is 0 Å². The fraction of sp³-hybridized carbons (Fsp3) is 0.588.